The van der Waals surface area contributed by atoms with Crippen molar-refractivity contribution in [1.29, 1.82) is 0 Å². The zero-order valence-corrected chi connectivity index (χ0v) is 14.6. The monoisotopic (exact) mass is 406 g/mol. The molecule has 0 fully saturated rings. The molecule has 3 aromatic carbocycles. The van der Waals surface area contributed by atoms with Gasteiger partial charge in [0.25, 0.3) is 0 Å². The minimum absolute atomic E-state index is 0.0915. The van der Waals surface area contributed by atoms with Crippen LogP contribution in [0.3, 0.4) is 0 Å². The number of hydrogen-bond donors (Lipinski definition) is 0. The second-order valence-corrected chi connectivity index (χ2v) is 6.49. The lowest BCUT2D eigenvalue weighted by Gasteiger charge is -2.25. The topological polar surface area (TPSA) is 15.6 Å². The van der Waals surface area contributed by atoms with E-state index < -0.39 is 46.6 Å². The Morgan fingerprint density at radius 3 is 1.79 bits per heavy atom. The third-order valence-corrected chi connectivity index (χ3v) is 4.66. The minimum Gasteiger partial charge on any atom is -0.251 e. The van der Waals surface area contributed by atoms with Crippen molar-refractivity contribution in [3.8, 4) is 0 Å². The van der Waals surface area contributed by atoms with Gasteiger partial charge in [-0.2, -0.15) is 5.10 Å². The van der Waals surface area contributed by atoms with E-state index in [1.807, 2.05) is 0 Å². The van der Waals surface area contributed by atoms with Crippen LogP contribution in [0.5, 0.6) is 0 Å². The number of hydrazone groups is 1. The summed E-state index contributed by atoms with van der Waals surface area (Å²) < 4.78 is 82.9. The van der Waals surface area contributed by atoms with E-state index in [9.17, 15) is 26.3 Å². The summed E-state index contributed by atoms with van der Waals surface area (Å²) in [5.74, 6) is -7.33. The molecule has 1 heterocycles. The summed E-state index contributed by atoms with van der Waals surface area (Å²) >= 11 is 0. The first kappa shape index (κ1) is 19.0. The van der Waals surface area contributed by atoms with E-state index in [4.69, 9.17) is 0 Å². The fourth-order valence-corrected chi connectivity index (χ4v) is 3.24. The molecule has 0 unspecified atom stereocenters. The van der Waals surface area contributed by atoms with E-state index in [2.05, 4.69) is 5.10 Å². The van der Waals surface area contributed by atoms with Gasteiger partial charge in [0.1, 0.15) is 17.3 Å². The Labute approximate surface area is 161 Å². The van der Waals surface area contributed by atoms with Crippen molar-refractivity contribution in [2.75, 3.05) is 5.01 Å². The van der Waals surface area contributed by atoms with Gasteiger partial charge < -0.3 is 0 Å². The average Bonchev–Trinajstić information content (AvgIpc) is 3.13. The average molecular weight is 406 g/mol. The summed E-state index contributed by atoms with van der Waals surface area (Å²) in [6.07, 6.45) is 0.0915. The molecule has 0 bridgehead atoms. The number of hydrogen-bond acceptors (Lipinski definition) is 2. The van der Waals surface area contributed by atoms with Crippen molar-refractivity contribution >= 4 is 11.4 Å². The fourth-order valence-electron chi connectivity index (χ4n) is 3.24. The number of nitrogens with zero attached hydrogens (tertiary/aromatic N) is 2. The molecule has 1 aliphatic rings. The zero-order chi connectivity index (χ0) is 20.7. The van der Waals surface area contributed by atoms with Crippen molar-refractivity contribution in [2.24, 2.45) is 5.10 Å². The number of halogens is 6. The summed E-state index contributed by atoms with van der Waals surface area (Å²) in [6, 6.07) is 9.58. The van der Waals surface area contributed by atoms with Gasteiger partial charge in [0.05, 0.1) is 11.8 Å². The Morgan fingerprint density at radius 1 is 0.724 bits per heavy atom. The van der Waals surface area contributed by atoms with Crippen molar-refractivity contribution < 1.29 is 26.3 Å². The van der Waals surface area contributed by atoms with Crippen LogP contribution in [0.4, 0.5) is 32.0 Å². The summed E-state index contributed by atoms with van der Waals surface area (Å²) in [5.41, 5.74) is 0.228. The molecule has 3 aromatic rings. The molecule has 4 rings (SSSR count). The largest absolute Gasteiger partial charge is 0.251 e. The van der Waals surface area contributed by atoms with Gasteiger partial charge in [0, 0.05) is 12.5 Å². The van der Waals surface area contributed by atoms with E-state index >= 15 is 0 Å². The summed E-state index contributed by atoms with van der Waals surface area (Å²) in [4.78, 5) is 0. The van der Waals surface area contributed by atoms with Gasteiger partial charge in [-0.3, -0.25) is 5.01 Å². The quantitative estimate of drug-likeness (QED) is 0.392. The third-order valence-electron chi connectivity index (χ3n) is 4.66. The molecule has 0 amide bonds. The molecular formula is C21H12F6N2. The Bertz CT molecular complexity index is 1070. The molecule has 0 spiro atoms. The van der Waals surface area contributed by atoms with Gasteiger partial charge in [0.15, 0.2) is 23.3 Å². The molecule has 2 nitrogen and oxygen atoms in total. The fraction of sp³-hybridized carbons (Fsp3) is 0.0952. The molecule has 148 valence electrons. The van der Waals surface area contributed by atoms with Gasteiger partial charge in [-0.05, 0) is 35.4 Å². The van der Waals surface area contributed by atoms with Crippen LogP contribution in [-0.4, -0.2) is 5.71 Å². The minimum atomic E-state index is -1.60. The van der Waals surface area contributed by atoms with Gasteiger partial charge in [0.2, 0.25) is 0 Å². The van der Waals surface area contributed by atoms with Crippen LogP contribution in [0.1, 0.15) is 23.6 Å². The Balaban J connectivity index is 1.86. The first-order valence-corrected chi connectivity index (χ1v) is 8.56. The van der Waals surface area contributed by atoms with Crippen LogP contribution >= 0.6 is 0 Å². The van der Waals surface area contributed by atoms with E-state index in [0.29, 0.717) is 16.8 Å². The second kappa shape index (κ2) is 7.27. The molecule has 1 aliphatic heterocycles. The normalized spacial score (nSPS) is 16.3. The first-order valence-electron chi connectivity index (χ1n) is 8.56. The predicted octanol–water partition coefficient (Wildman–Crippen LogP) is 5.88. The maximum absolute atomic E-state index is 14.4. The van der Waals surface area contributed by atoms with Crippen LogP contribution in [-0.2, 0) is 0 Å². The molecule has 0 saturated carbocycles. The maximum atomic E-state index is 14.4. The highest BCUT2D eigenvalue weighted by atomic mass is 19.2. The van der Waals surface area contributed by atoms with E-state index in [1.54, 1.807) is 0 Å². The molecule has 0 radical (unpaired) electrons. The highest BCUT2D eigenvalue weighted by molar-refractivity contribution is 6.03. The van der Waals surface area contributed by atoms with E-state index in [1.165, 1.54) is 36.4 Å². The summed E-state index contributed by atoms with van der Waals surface area (Å²) in [7, 11) is 0. The molecule has 0 aliphatic carbocycles. The third kappa shape index (κ3) is 3.46. The zero-order valence-electron chi connectivity index (χ0n) is 14.6. The lowest BCUT2D eigenvalue weighted by Crippen LogP contribution is -2.22. The van der Waals surface area contributed by atoms with Gasteiger partial charge in [-0.15, -0.1) is 0 Å². The van der Waals surface area contributed by atoms with Crippen LogP contribution in [0.15, 0.2) is 59.7 Å². The number of rotatable bonds is 3. The predicted molar refractivity (Wildman–Crippen MR) is 95.4 cm³/mol. The lowest BCUT2D eigenvalue weighted by atomic mass is 9.98. The molecular weight excluding hydrogens is 394 g/mol. The van der Waals surface area contributed by atoms with Crippen LogP contribution in [0, 0.1) is 34.9 Å². The summed E-state index contributed by atoms with van der Waals surface area (Å²) in [5, 5.41) is 5.00. The molecule has 0 aromatic heterocycles. The van der Waals surface area contributed by atoms with Gasteiger partial charge >= 0.3 is 0 Å². The van der Waals surface area contributed by atoms with E-state index in [-0.39, 0.29) is 12.5 Å². The second-order valence-electron chi connectivity index (χ2n) is 6.49. The molecule has 0 N–H and O–H groups in total. The molecule has 29 heavy (non-hydrogen) atoms. The van der Waals surface area contributed by atoms with Crippen molar-refractivity contribution in [1.82, 2.24) is 0 Å². The van der Waals surface area contributed by atoms with Crippen LogP contribution < -0.4 is 5.01 Å². The van der Waals surface area contributed by atoms with E-state index in [0.717, 1.165) is 17.1 Å². The number of benzene rings is 3. The van der Waals surface area contributed by atoms with Gasteiger partial charge in [-0.1, -0.05) is 24.3 Å². The van der Waals surface area contributed by atoms with Crippen molar-refractivity contribution in [3.05, 3.63) is 101 Å². The van der Waals surface area contributed by atoms with Crippen LogP contribution in [0.25, 0.3) is 0 Å². The Kier molecular flexibility index (Phi) is 4.77. The van der Waals surface area contributed by atoms with Crippen LogP contribution in [0.2, 0.25) is 0 Å². The van der Waals surface area contributed by atoms with Crippen molar-refractivity contribution in [2.45, 2.75) is 12.5 Å². The highest BCUT2D eigenvalue weighted by Crippen LogP contribution is 2.40. The molecule has 8 heteroatoms. The summed E-state index contributed by atoms with van der Waals surface area (Å²) in [6.45, 7) is 0. The number of anilines is 1. The standard InChI is InChI=1S/C21H12F6N2/c22-13-5-1-11(2-6-13)17-10-18(12-3-7-14(23)8-4-12)29(28-17)21-19(26)15(24)9-16(25)20(21)27/h1-9,18H,10H2/t18-/m0/s1. The first-order chi connectivity index (χ1) is 13.8. The maximum Gasteiger partial charge on any atom is 0.187 e. The van der Waals surface area contributed by atoms with Gasteiger partial charge in [-0.25, -0.2) is 26.3 Å². The lowest BCUT2D eigenvalue weighted by molar-refractivity contribution is 0.448. The SMILES string of the molecule is Fc1ccc(C2=NN(c3c(F)c(F)cc(F)c3F)[C@H](c3ccc(F)cc3)C2)cc1. The van der Waals surface area contributed by atoms with Crippen molar-refractivity contribution in [3.63, 3.8) is 0 Å². The Morgan fingerprint density at radius 2 is 1.24 bits per heavy atom. The Hall–Kier alpha value is -3.29. The molecule has 0 saturated heterocycles. The smallest absolute Gasteiger partial charge is 0.187 e. The highest BCUT2D eigenvalue weighted by Gasteiger charge is 2.35. The molecule has 1 atom stereocenters.